The average Bonchev–Trinajstić information content (AvgIpc) is 2.73. The van der Waals surface area contributed by atoms with E-state index in [2.05, 4.69) is 58.7 Å². The Bertz CT molecular complexity index is 597. The molecule has 1 aliphatic heterocycles. The van der Waals surface area contributed by atoms with Gasteiger partial charge in [-0.1, -0.05) is 24.3 Å². The Morgan fingerprint density at radius 2 is 1.97 bits per heavy atom. The molecule has 0 unspecified atom stereocenters. The summed E-state index contributed by atoms with van der Waals surface area (Å²) in [5.41, 5.74) is 2.58. The Morgan fingerprint density at radius 1 is 1.20 bits per heavy atom. The van der Waals surface area contributed by atoms with Crippen LogP contribution in [-0.4, -0.2) is 89.0 Å². The number of guanidine groups is 1. The highest BCUT2D eigenvalue weighted by atomic mass is 127. The van der Waals surface area contributed by atoms with Gasteiger partial charge in [-0.25, -0.2) is 4.99 Å². The first kappa shape index (κ1) is 27.1. The SMILES string of the molecule is CCNC(=NCc1cccc(CN2CCOCC2)c1)NCCN(C)CCCOC.I. The molecule has 0 aliphatic carbocycles. The van der Waals surface area contributed by atoms with Crippen molar-refractivity contribution < 1.29 is 9.47 Å². The van der Waals surface area contributed by atoms with E-state index in [1.165, 1.54) is 11.1 Å². The number of likely N-dealkylation sites (N-methyl/N-ethyl adjacent to an activating group) is 1. The van der Waals surface area contributed by atoms with Crippen LogP contribution in [-0.2, 0) is 22.6 Å². The molecule has 2 N–H and O–H groups in total. The fourth-order valence-corrected chi connectivity index (χ4v) is 3.31. The van der Waals surface area contributed by atoms with Gasteiger partial charge >= 0.3 is 0 Å². The third-order valence-corrected chi connectivity index (χ3v) is 4.94. The molecular formula is C22H40IN5O2. The largest absolute Gasteiger partial charge is 0.385 e. The minimum atomic E-state index is 0. The summed E-state index contributed by atoms with van der Waals surface area (Å²) in [4.78, 5) is 9.52. The molecule has 30 heavy (non-hydrogen) atoms. The maximum absolute atomic E-state index is 5.44. The fourth-order valence-electron chi connectivity index (χ4n) is 3.31. The minimum Gasteiger partial charge on any atom is -0.385 e. The van der Waals surface area contributed by atoms with Crippen molar-refractivity contribution in [3.63, 3.8) is 0 Å². The predicted octanol–water partition coefficient (Wildman–Crippen LogP) is 2.16. The van der Waals surface area contributed by atoms with E-state index >= 15 is 0 Å². The van der Waals surface area contributed by atoms with Gasteiger partial charge in [0.1, 0.15) is 0 Å². The van der Waals surface area contributed by atoms with Gasteiger partial charge in [-0.05, 0) is 31.5 Å². The summed E-state index contributed by atoms with van der Waals surface area (Å²) in [7, 11) is 3.89. The molecule has 1 heterocycles. The topological polar surface area (TPSA) is 61.4 Å². The number of hydrogen-bond donors (Lipinski definition) is 2. The number of morpholine rings is 1. The lowest BCUT2D eigenvalue weighted by atomic mass is 10.1. The van der Waals surface area contributed by atoms with Gasteiger partial charge < -0.3 is 25.0 Å². The van der Waals surface area contributed by atoms with Crippen molar-refractivity contribution in [2.75, 3.05) is 73.2 Å². The number of nitrogens with one attached hydrogen (secondary N) is 2. The molecular weight excluding hydrogens is 493 g/mol. The molecule has 1 aromatic rings. The number of hydrogen-bond acceptors (Lipinski definition) is 5. The monoisotopic (exact) mass is 533 g/mol. The van der Waals surface area contributed by atoms with E-state index in [1.807, 2.05) is 0 Å². The second-order valence-electron chi connectivity index (χ2n) is 7.48. The molecule has 1 saturated heterocycles. The van der Waals surface area contributed by atoms with Gasteiger partial charge in [0, 0.05) is 59.5 Å². The van der Waals surface area contributed by atoms with E-state index in [0.717, 1.165) is 78.0 Å². The van der Waals surface area contributed by atoms with Crippen LogP contribution in [0.4, 0.5) is 0 Å². The first-order valence-electron chi connectivity index (χ1n) is 10.8. The van der Waals surface area contributed by atoms with Crippen molar-refractivity contribution in [3.8, 4) is 0 Å². The molecule has 0 saturated carbocycles. The van der Waals surface area contributed by atoms with Crippen LogP contribution >= 0.6 is 24.0 Å². The summed E-state index contributed by atoms with van der Waals surface area (Å²) in [6.07, 6.45) is 1.06. The summed E-state index contributed by atoms with van der Waals surface area (Å²) in [5.74, 6) is 0.872. The predicted molar refractivity (Wildman–Crippen MR) is 135 cm³/mol. The Labute approximate surface area is 199 Å². The molecule has 1 fully saturated rings. The molecule has 0 radical (unpaired) electrons. The van der Waals surface area contributed by atoms with Crippen LogP contribution in [0.5, 0.6) is 0 Å². The second-order valence-corrected chi connectivity index (χ2v) is 7.48. The number of rotatable bonds is 12. The van der Waals surface area contributed by atoms with Gasteiger partial charge in [0.2, 0.25) is 0 Å². The quantitative estimate of drug-likeness (QED) is 0.186. The molecule has 0 atom stereocenters. The summed E-state index contributed by atoms with van der Waals surface area (Å²) in [6.45, 7) is 12.0. The van der Waals surface area contributed by atoms with Crippen LogP contribution in [0.25, 0.3) is 0 Å². The smallest absolute Gasteiger partial charge is 0.191 e. The normalized spacial score (nSPS) is 15.1. The van der Waals surface area contributed by atoms with Crippen molar-refractivity contribution in [3.05, 3.63) is 35.4 Å². The number of ether oxygens (including phenoxy) is 2. The Balaban J connectivity index is 0.00000450. The summed E-state index contributed by atoms with van der Waals surface area (Å²) < 4.78 is 10.6. The van der Waals surface area contributed by atoms with E-state index in [1.54, 1.807) is 7.11 Å². The molecule has 8 heteroatoms. The number of halogens is 1. The molecule has 172 valence electrons. The molecule has 7 nitrogen and oxygen atoms in total. The van der Waals surface area contributed by atoms with Gasteiger partial charge in [-0.3, -0.25) is 4.90 Å². The molecule has 1 aliphatic rings. The van der Waals surface area contributed by atoms with Crippen molar-refractivity contribution in [1.29, 1.82) is 0 Å². The van der Waals surface area contributed by atoms with Gasteiger partial charge in [0.05, 0.1) is 19.8 Å². The zero-order valence-corrected chi connectivity index (χ0v) is 21.2. The Kier molecular flexibility index (Phi) is 15.1. The molecule has 0 aromatic heterocycles. The standard InChI is InChI=1S/C22H39N5O2.HI/c1-4-23-22(24-9-11-26(2)10-6-14-28-3)25-18-20-7-5-8-21(17-20)19-27-12-15-29-16-13-27;/h5,7-8,17H,4,6,9-16,18-19H2,1-3H3,(H2,23,24,25);1H. The van der Waals surface area contributed by atoms with E-state index in [-0.39, 0.29) is 24.0 Å². The first-order valence-corrected chi connectivity index (χ1v) is 10.8. The molecule has 2 rings (SSSR count). The van der Waals surface area contributed by atoms with Crippen LogP contribution < -0.4 is 10.6 Å². The van der Waals surface area contributed by atoms with Gasteiger partial charge in [-0.15, -0.1) is 24.0 Å². The summed E-state index contributed by atoms with van der Waals surface area (Å²) in [5, 5.41) is 6.77. The van der Waals surface area contributed by atoms with Crippen molar-refractivity contribution >= 4 is 29.9 Å². The Hall–Kier alpha value is -0.940. The number of aliphatic imine (C=N–C) groups is 1. The van der Waals surface area contributed by atoms with Crippen molar-refractivity contribution in [1.82, 2.24) is 20.4 Å². The van der Waals surface area contributed by atoms with Crippen LogP contribution in [0.3, 0.4) is 0 Å². The summed E-state index contributed by atoms with van der Waals surface area (Å²) in [6, 6.07) is 8.76. The lowest BCUT2D eigenvalue weighted by Gasteiger charge is -2.26. The van der Waals surface area contributed by atoms with E-state index in [9.17, 15) is 0 Å². The summed E-state index contributed by atoms with van der Waals surface area (Å²) >= 11 is 0. The number of benzene rings is 1. The van der Waals surface area contributed by atoms with Crippen LogP contribution in [0.15, 0.2) is 29.3 Å². The van der Waals surface area contributed by atoms with Crippen LogP contribution in [0.1, 0.15) is 24.5 Å². The van der Waals surface area contributed by atoms with E-state index in [4.69, 9.17) is 14.5 Å². The second kappa shape index (κ2) is 16.7. The van der Waals surface area contributed by atoms with Crippen molar-refractivity contribution in [2.24, 2.45) is 4.99 Å². The molecule has 0 spiro atoms. The van der Waals surface area contributed by atoms with Crippen LogP contribution in [0, 0.1) is 0 Å². The lowest BCUT2D eigenvalue weighted by molar-refractivity contribution is 0.0342. The highest BCUT2D eigenvalue weighted by molar-refractivity contribution is 14.0. The molecule has 0 bridgehead atoms. The zero-order chi connectivity index (χ0) is 20.7. The third-order valence-electron chi connectivity index (χ3n) is 4.94. The van der Waals surface area contributed by atoms with E-state index in [0.29, 0.717) is 6.54 Å². The highest BCUT2D eigenvalue weighted by Gasteiger charge is 2.10. The lowest BCUT2D eigenvalue weighted by Crippen LogP contribution is -2.41. The number of nitrogens with zero attached hydrogens (tertiary/aromatic N) is 3. The van der Waals surface area contributed by atoms with E-state index < -0.39 is 0 Å². The fraction of sp³-hybridized carbons (Fsp3) is 0.682. The zero-order valence-electron chi connectivity index (χ0n) is 18.9. The van der Waals surface area contributed by atoms with Gasteiger partial charge in [-0.2, -0.15) is 0 Å². The maximum Gasteiger partial charge on any atom is 0.191 e. The maximum atomic E-state index is 5.44. The van der Waals surface area contributed by atoms with Gasteiger partial charge in [0.25, 0.3) is 0 Å². The van der Waals surface area contributed by atoms with Gasteiger partial charge in [0.15, 0.2) is 5.96 Å². The van der Waals surface area contributed by atoms with Crippen molar-refractivity contribution in [2.45, 2.75) is 26.4 Å². The third kappa shape index (κ3) is 11.5. The highest BCUT2D eigenvalue weighted by Crippen LogP contribution is 2.11. The average molecular weight is 533 g/mol. The van der Waals surface area contributed by atoms with Crippen LogP contribution in [0.2, 0.25) is 0 Å². The first-order chi connectivity index (χ1) is 14.2. The minimum absolute atomic E-state index is 0. The molecule has 1 aromatic carbocycles. The molecule has 0 amide bonds. The number of methoxy groups -OCH3 is 1. The Morgan fingerprint density at radius 3 is 2.70 bits per heavy atom.